The van der Waals surface area contributed by atoms with Crippen molar-refractivity contribution in [2.45, 2.75) is 77.7 Å². The smallest absolute Gasteiger partial charge is 0.410 e. The SMILES string of the molecule is COCCOc1cc2c(N[C@H](C)c3cccc(C(F)(F)C(C)(C)O)c3F)nc(C)nc2cc1OC1CN(C(=O)OC(C)(C)C)C1. The van der Waals surface area contributed by atoms with Gasteiger partial charge in [-0.2, -0.15) is 8.78 Å². The number of aliphatic hydroxyl groups is 1. The first-order valence-electron chi connectivity index (χ1n) is 14.7. The van der Waals surface area contributed by atoms with Crippen LogP contribution in [-0.2, 0) is 15.4 Å². The van der Waals surface area contributed by atoms with Gasteiger partial charge in [-0.1, -0.05) is 12.1 Å². The van der Waals surface area contributed by atoms with Crippen LogP contribution in [0, 0.1) is 12.7 Å². The molecule has 0 unspecified atom stereocenters. The lowest BCUT2D eigenvalue weighted by molar-refractivity contribution is -0.170. The van der Waals surface area contributed by atoms with Gasteiger partial charge in [-0.25, -0.2) is 19.2 Å². The van der Waals surface area contributed by atoms with Crippen LogP contribution in [0.15, 0.2) is 30.3 Å². The van der Waals surface area contributed by atoms with Gasteiger partial charge in [0.15, 0.2) is 11.5 Å². The molecule has 1 aliphatic rings. The maximum absolute atomic E-state index is 15.5. The Morgan fingerprint density at radius 2 is 1.80 bits per heavy atom. The van der Waals surface area contributed by atoms with E-state index in [1.54, 1.807) is 58.8 Å². The van der Waals surface area contributed by atoms with E-state index < -0.39 is 40.6 Å². The van der Waals surface area contributed by atoms with Gasteiger partial charge in [-0.05, 0) is 60.6 Å². The summed E-state index contributed by atoms with van der Waals surface area (Å²) >= 11 is 0. The van der Waals surface area contributed by atoms with E-state index in [1.807, 2.05) is 0 Å². The van der Waals surface area contributed by atoms with E-state index >= 15 is 4.39 Å². The number of rotatable bonds is 11. The van der Waals surface area contributed by atoms with Crippen molar-refractivity contribution in [1.29, 1.82) is 0 Å². The normalized spacial score (nSPS) is 15.1. The average Bonchev–Trinajstić information content (AvgIpc) is 2.89. The topological polar surface area (TPSA) is 115 Å². The molecule has 1 fully saturated rings. The lowest BCUT2D eigenvalue weighted by atomic mass is 9.91. The maximum Gasteiger partial charge on any atom is 0.410 e. The minimum Gasteiger partial charge on any atom is -0.487 e. The molecule has 1 atom stereocenters. The number of anilines is 1. The first kappa shape index (κ1) is 34.0. The van der Waals surface area contributed by atoms with E-state index in [1.165, 1.54) is 12.1 Å². The number of nitrogens with zero attached hydrogens (tertiary/aromatic N) is 3. The van der Waals surface area contributed by atoms with E-state index in [0.29, 0.717) is 53.7 Å². The van der Waals surface area contributed by atoms with Crippen LogP contribution >= 0.6 is 0 Å². The second-order valence-corrected chi connectivity index (χ2v) is 12.6. The molecule has 2 N–H and O–H groups in total. The number of hydrogen-bond acceptors (Lipinski definition) is 9. The molecular weight excluding hydrogens is 593 g/mol. The first-order valence-corrected chi connectivity index (χ1v) is 14.7. The van der Waals surface area contributed by atoms with E-state index in [9.17, 15) is 18.7 Å². The highest BCUT2D eigenvalue weighted by atomic mass is 19.3. The van der Waals surface area contributed by atoms with E-state index in [0.717, 1.165) is 19.9 Å². The molecule has 0 spiro atoms. The summed E-state index contributed by atoms with van der Waals surface area (Å²) in [5.41, 5.74) is -3.52. The van der Waals surface area contributed by atoms with Gasteiger partial charge in [0.05, 0.1) is 36.8 Å². The number of amides is 1. The minimum absolute atomic E-state index is 0.0307. The Hall–Kier alpha value is -3.84. The monoisotopic (exact) mass is 634 g/mol. The minimum atomic E-state index is -3.83. The number of ether oxygens (including phenoxy) is 4. The zero-order valence-electron chi connectivity index (χ0n) is 26.8. The second-order valence-electron chi connectivity index (χ2n) is 12.6. The number of aryl methyl sites for hydroxylation is 1. The number of nitrogens with one attached hydrogen (secondary N) is 1. The van der Waals surface area contributed by atoms with Crippen LogP contribution in [0.1, 0.15) is 64.5 Å². The summed E-state index contributed by atoms with van der Waals surface area (Å²) in [4.78, 5) is 23.0. The number of fused-ring (bicyclic) bond motifs is 1. The highest BCUT2D eigenvalue weighted by Crippen LogP contribution is 2.42. The van der Waals surface area contributed by atoms with Crippen molar-refractivity contribution < 1.29 is 42.0 Å². The second kappa shape index (κ2) is 12.9. The Balaban J connectivity index is 1.63. The predicted molar refractivity (Wildman–Crippen MR) is 162 cm³/mol. The molecule has 45 heavy (non-hydrogen) atoms. The molecule has 0 saturated carbocycles. The fourth-order valence-corrected chi connectivity index (χ4v) is 4.71. The molecular formula is C32H41F3N4O6. The van der Waals surface area contributed by atoms with Crippen molar-refractivity contribution in [3.63, 3.8) is 0 Å². The van der Waals surface area contributed by atoms with E-state index in [2.05, 4.69) is 15.3 Å². The molecule has 0 bridgehead atoms. The van der Waals surface area contributed by atoms with Crippen LogP contribution in [-0.4, -0.2) is 76.8 Å². The number of aromatic nitrogens is 2. The Kier molecular flexibility index (Phi) is 9.74. The summed E-state index contributed by atoms with van der Waals surface area (Å²) in [6.07, 6.45) is -0.728. The molecule has 13 heteroatoms. The van der Waals surface area contributed by atoms with Crippen LogP contribution in [0.5, 0.6) is 11.5 Å². The molecule has 1 amide bonds. The largest absolute Gasteiger partial charge is 0.487 e. The third kappa shape index (κ3) is 7.70. The molecule has 2 heterocycles. The highest BCUT2D eigenvalue weighted by molar-refractivity contribution is 5.92. The quantitative estimate of drug-likeness (QED) is 0.240. The van der Waals surface area contributed by atoms with Crippen molar-refractivity contribution >= 4 is 22.8 Å². The summed E-state index contributed by atoms with van der Waals surface area (Å²) in [7, 11) is 1.55. The molecule has 1 aliphatic heterocycles. The number of benzene rings is 2. The van der Waals surface area contributed by atoms with Gasteiger partial charge in [-0.3, -0.25) is 0 Å². The number of carbonyl (C=O) groups is 1. The maximum atomic E-state index is 15.5. The fraction of sp³-hybridized carbons (Fsp3) is 0.531. The van der Waals surface area contributed by atoms with Gasteiger partial charge in [-0.15, -0.1) is 0 Å². The van der Waals surface area contributed by atoms with Gasteiger partial charge < -0.3 is 34.3 Å². The third-order valence-corrected chi connectivity index (χ3v) is 7.17. The summed E-state index contributed by atoms with van der Waals surface area (Å²) in [5, 5.41) is 13.7. The fourth-order valence-electron chi connectivity index (χ4n) is 4.71. The standard InChI is InChI=1S/C32H41F3N4O6/c1-18(21-10-9-11-23(27(21)33)32(34,35)31(6,7)41)36-28-22-14-25(43-13-12-42-8)26(15-24(22)37-19(2)38-28)44-20-16-39(17-20)29(40)45-30(3,4)5/h9-11,14-15,18,20,41H,12-13,16-17H2,1-8H3,(H,36,37,38)/t18-/m1/s1. The van der Waals surface area contributed by atoms with Crippen LogP contribution in [0.4, 0.5) is 23.8 Å². The summed E-state index contributed by atoms with van der Waals surface area (Å²) in [5.74, 6) is -3.46. The summed E-state index contributed by atoms with van der Waals surface area (Å²) in [6.45, 7) is 11.8. The van der Waals surface area contributed by atoms with Crippen molar-refractivity contribution in [2.75, 3.05) is 38.7 Å². The van der Waals surface area contributed by atoms with Crippen LogP contribution in [0.3, 0.4) is 0 Å². The summed E-state index contributed by atoms with van der Waals surface area (Å²) in [6, 6.07) is 6.27. The van der Waals surface area contributed by atoms with E-state index in [4.69, 9.17) is 18.9 Å². The average molecular weight is 635 g/mol. The lowest BCUT2D eigenvalue weighted by Crippen LogP contribution is -2.57. The molecule has 0 radical (unpaired) electrons. The molecule has 1 aromatic heterocycles. The van der Waals surface area contributed by atoms with Gasteiger partial charge in [0, 0.05) is 24.1 Å². The van der Waals surface area contributed by atoms with Crippen LogP contribution < -0.4 is 14.8 Å². The van der Waals surface area contributed by atoms with Gasteiger partial charge in [0.1, 0.15) is 41.4 Å². The van der Waals surface area contributed by atoms with Gasteiger partial charge >= 0.3 is 12.0 Å². The number of likely N-dealkylation sites (tertiary alicyclic amines) is 1. The Morgan fingerprint density at radius 1 is 1.11 bits per heavy atom. The first-order chi connectivity index (χ1) is 20.9. The zero-order chi connectivity index (χ0) is 33.3. The number of halogens is 3. The Bertz CT molecular complexity index is 1530. The van der Waals surface area contributed by atoms with Crippen molar-refractivity contribution in [2.24, 2.45) is 0 Å². The number of carbonyl (C=O) groups excluding carboxylic acids is 1. The zero-order valence-corrected chi connectivity index (χ0v) is 26.8. The van der Waals surface area contributed by atoms with Gasteiger partial charge in [0.2, 0.25) is 0 Å². The number of hydrogen-bond donors (Lipinski definition) is 2. The molecule has 246 valence electrons. The molecule has 4 rings (SSSR count). The van der Waals surface area contributed by atoms with Crippen LogP contribution in [0.2, 0.25) is 0 Å². The lowest BCUT2D eigenvalue weighted by Gasteiger charge is -2.39. The van der Waals surface area contributed by atoms with Crippen molar-refractivity contribution in [3.05, 3.63) is 53.1 Å². The predicted octanol–water partition coefficient (Wildman–Crippen LogP) is 6.14. The third-order valence-electron chi connectivity index (χ3n) is 7.17. The Morgan fingerprint density at radius 3 is 2.42 bits per heavy atom. The molecule has 1 saturated heterocycles. The van der Waals surface area contributed by atoms with Gasteiger partial charge in [0.25, 0.3) is 0 Å². The molecule has 0 aliphatic carbocycles. The van der Waals surface area contributed by atoms with Crippen LogP contribution in [0.25, 0.3) is 10.9 Å². The Labute approximate surface area is 260 Å². The molecule has 10 nitrogen and oxygen atoms in total. The van der Waals surface area contributed by atoms with Crippen molar-refractivity contribution in [3.8, 4) is 11.5 Å². The number of methoxy groups -OCH3 is 1. The van der Waals surface area contributed by atoms with E-state index in [-0.39, 0.29) is 18.3 Å². The molecule has 2 aromatic carbocycles. The number of alkyl halides is 2. The molecule has 3 aromatic rings. The van der Waals surface area contributed by atoms with Crippen molar-refractivity contribution in [1.82, 2.24) is 14.9 Å². The highest BCUT2D eigenvalue weighted by Gasteiger charge is 2.49. The summed E-state index contributed by atoms with van der Waals surface area (Å²) < 4.78 is 68.1.